The van der Waals surface area contributed by atoms with Gasteiger partial charge in [0.1, 0.15) is 5.69 Å². The Morgan fingerprint density at radius 1 is 1.75 bits per heavy atom. The van der Waals surface area contributed by atoms with Crippen LogP contribution in [0.2, 0.25) is 0 Å². The summed E-state index contributed by atoms with van der Waals surface area (Å²) < 4.78 is 1.87. The molecular formula is C8H8N2OS. The van der Waals surface area contributed by atoms with Gasteiger partial charge >= 0.3 is 0 Å². The van der Waals surface area contributed by atoms with Crippen molar-refractivity contribution in [2.45, 2.75) is 19.4 Å². The Morgan fingerprint density at radius 3 is 3.25 bits per heavy atom. The quantitative estimate of drug-likeness (QED) is 0.566. The molecule has 3 nitrogen and oxygen atoms in total. The Bertz CT molecular complexity index is 356. The summed E-state index contributed by atoms with van der Waals surface area (Å²) in [6.07, 6.45) is 3.92. The first-order valence-corrected chi connectivity index (χ1v) is 4.20. The highest BCUT2D eigenvalue weighted by atomic mass is 32.1. The first kappa shape index (κ1) is 7.61. The largest absolute Gasteiger partial charge is 0.325 e. The van der Waals surface area contributed by atoms with E-state index >= 15 is 0 Å². The van der Waals surface area contributed by atoms with E-state index in [1.54, 1.807) is 12.5 Å². The molecule has 0 aromatic carbocycles. The predicted octanol–water partition coefficient (Wildman–Crippen LogP) is 1.40. The van der Waals surface area contributed by atoms with E-state index < -0.39 is 0 Å². The summed E-state index contributed by atoms with van der Waals surface area (Å²) in [4.78, 5) is 15.9. The molecule has 0 aliphatic carbocycles. The second-order valence-electron chi connectivity index (χ2n) is 2.99. The number of thiocarbonyl (C=S) groups is 1. The molecule has 12 heavy (non-hydrogen) atoms. The SMILES string of the molecule is CC1CC(=S)C(=O)c2cncn21. The highest BCUT2D eigenvalue weighted by Crippen LogP contribution is 2.21. The number of aromatic nitrogens is 2. The molecule has 0 radical (unpaired) electrons. The number of ketones is 1. The van der Waals surface area contributed by atoms with Crippen LogP contribution in [0.5, 0.6) is 0 Å². The maximum atomic E-state index is 11.4. The first-order valence-electron chi connectivity index (χ1n) is 3.79. The lowest BCUT2D eigenvalue weighted by atomic mass is 10.0. The van der Waals surface area contributed by atoms with Gasteiger partial charge in [0.05, 0.1) is 17.4 Å². The van der Waals surface area contributed by atoms with Crippen molar-refractivity contribution in [1.82, 2.24) is 9.55 Å². The molecule has 0 saturated heterocycles. The summed E-state index contributed by atoms with van der Waals surface area (Å²) in [7, 11) is 0. The number of hydrogen-bond donors (Lipinski definition) is 0. The number of nitrogens with zero attached hydrogens (tertiary/aromatic N) is 2. The molecule has 1 aromatic rings. The van der Waals surface area contributed by atoms with Crippen LogP contribution in [0.4, 0.5) is 0 Å². The molecular weight excluding hydrogens is 172 g/mol. The number of hydrogen-bond acceptors (Lipinski definition) is 3. The summed E-state index contributed by atoms with van der Waals surface area (Å²) >= 11 is 4.96. The van der Waals surface area contributed by atoms with Crippen LogP contribution in [-0.2, 0) is 0 Å². The molecule has 0 fully saturated rings. The molecule has 0 amide bonds. The van der Waals surface area contributed by atoms with Crippen molar-refractivity contribution in [2.24, 2.45) is 0 Å². The Balaban J connectivity index is 2.57. The molecule has 4 heteroatoms. The third-order valence-corrected chi connectivity index (χ3v) is 2.46. The zero-order valence-electron chi connectivity index (χ0n) is 6.65. The van der Waals surface area contributed by atoms with E-state index in [4.69, 9.17) is 12.2 Å². The maximum absolute atomic E-state index is 11.4. The van der Waals surface area contributed by atoms with Crippen LogP contribution in [-0.4, -0.2) is 20.2 Å². The van der Waals surface area contributed by atoms with Crippen molar-refractivity contribution in [2.75, 3.05) is 0 Å². The molecule has 0 bridgehead atoms. The minimum atomic E-state index is -0.0411. The third-order valence-electron chi connectivity index (χ3n) is 2.11. The van der Waals surface area contributed by atoms with Gasteiger partial charge in [-0.25, -0.2) is 4.98 Å². The lowest BCUT2D eigenvalue weighted by Crippen LogP contribution is -2.26. The Hall–Kier alpha value is -1.03. The first-order chi connectivity index (χ1) is 5.70. The van der Waals surface area contributed by atoms with Gasteiger partial charge in [-0.05, 0) is 6.92 Å². The Kier molecular flexibility index (Phi) is 1.58. The fraction of sp³-hybridized carbons (Fsp3) is 0.375. The number of Topliss-reactive ketones (excluding diaryl/α,β-unsaturated/α-hetero) is 1. The van der Waals surface area contributed by atoms with Crippen molar-refractivity contribution in [3.63, 3.8) is 0 Å². The van der Waals surface area contributed by atoms with Crippen LogP contribution in [0, 0.1) is 0 Å². The van der Waals surface area contributed by atoms with Gasteiger partial charge in [0.2, 0.25) is 5.78 Å². The monoisotopic (exact) mass is 180 g/mol. The number of imidazole rings is 1. The fourth-order valence-corrected chi connectivity index (χ4v) is 1.78. The van der Waals surface area contributed by atoms with Gasteiger partial charge in [0.25, 0.3) is 0 Å². The maximum Gasteiger partial charge on any atom is 0.217 e. The van der Waals surface area contributed by atoms with Gasteiger partial charge in [-0.2, -0.15) is 0 Å². The minimum Gasteiger partial charge on any atom is -0.325 e. The van der Waals surface area contributed by atoms with E-state index in [0.29, 0.717) is 17.0 Å². The molecule has 2 rings (SSSR count). The lowest BCUT2D eigenvalue weighted by molar-refractivity contribution is 0.104. The third kappa shape index (κ3) is 0.914. The number of rotatable bonds is 0. The van der Waals surface area contributed by atoms with Gasteiger partial charge < -0.3 is 4.57 Å². The number of carbonyl (C=O) groups is 1. The molecule has 1 atom stereocenters. The molecule has 0 spiro atoms. The zero-order valence-corrected chi connectivity index (χ0v) is 7.47. The predicted molar refractivity (Wildman–Crippen MR) is 48.5 cm³/mol. The number of carbonyl (C=O) groups excluding carboxylic acids is 1. The van der Waals surface area contributed by atoms with E-state index in [9.17, 15) is 4.79 Å². The van der Waals surface area contributed by atoms with Crippen molar-refractivity contribution in [3.8, 4) is 0 Å². The highest BCUT2D eigenvalue weighted by molar-refractivity contribution is 7.82. The van der Waals surface area contributed by atoms with E-state index in [0.717, 1.165) is 0 Å². The molecule has 2 heterocycles. The summed E-state index contributed by atoms with van der Waals surface area (Å²) in [6.45, 7) is 2.03. The topological polar surface area (TPSA) is 34.9 Å². The fourth-order valence-electron chi connectivity index (χ4n) is 1.43. The smallest absolute Gasteiger partial charge is 0.217 e. The average molecular weight is 180 g/mol. The summed E-state index contributed by atoms with van der Waals surface area (Å²) in [5.41, 5.74) is 0.624. The Labute approximate surface area is 75.4 Å². The standard InChI is InChI=1S/C8H8N2OS/c1-5-2-7(12)8(11)6-3-9-4-10(5)6/h3-5H,2H2,1H3. The molecule has 1 aromatic heterocycles. The van der Waals surface area contributed by atoms with Gasteiger partial charge in [0.15, 0.2) is 0 Å². The molecule has 62 valence electrons. The lowest BCUT2D eigenvalue weighted by Gasteiger charge is -2.20. The van der Waals surface area contributed by atoms with Gasteiger partial charge in [-0.3, -0.25) is 4.79 Å². The van der Waals surface area contributed by atoms with Crippen LogP contribution in [0.25, 0.3) is 0 Å². The van der Waals surface area contributed by atoms with Crippen LogP contribution >= 0.6 is 12.2 Å². The van der Waals surface area contributed by atoms with Gasteiger partial charge in [-0.1, -0.05) is 12.2 Å². The van der Waals surface area contributed by atoms with E-state index in [-0.39, 0.29) is 11.8 Å². The summed E-state index contributed by atoms with van der Waals surface area (Å²) in [6, 6.07) is 0.271. The van der Waals surface area contributed by atoms with Crippen molar-refractivity contribution in [3.05, 3.63) is 18.2 Å². The summed E-state index contributed by atoms with van der Waals surface area (Å²) in [5, 5.41) is 0. The molecule has 0 N–H and O–H groups in total. The second-order valence-corrected chi connectivity index (χ2v) is 3.48. The van der Waals surface area contributed by atoms with Crippen molar-refractivity contribution >= 4 is 22.9 Å². The second kappa shape index (κ2) is 2.48. The van der Waals surface area contributed by atoms with Gasteiger partial charge in [-0.15, -0.1) is 0 Å². The van der Waals surface area contributed by atoms with Gasteiger partial charge in [0, 0.05) is 12.5 Å². The molecule has 1 unspecified atom stereocenters. The van der Waals surface area contributed by atoms with Crippen LogP contribution < -0.4 is 0 Å². The molecule has 1 aliphatic heterocycles. The number of fused-ring (bicyclic) bond motifs is 1. The average Bonchev–Trinajstić information content (AvgIpc) is 2.48. The van der Waals surface area contributed by atoms with E-state index in [2.05, 4.69) is 4.98 Å². The van der Waals surface area contributed by atoms with Crippen LogP contribution in [0.1, 0.15) is 29.9 Å². The van der Waals surface area contributed by atoms with E-state index in [1.807, 2.05) is 11.5 Å². The summed E-state index contributed by atoms with van der Waals surface area (Å²) in [5.74, 6) is -0.0411. The minimum absolute atomic E-state index is 0.0411. The van der Waals surface area contributed by atoms with Crippen LogP contribution in [0.15, 0.2) is 12.5 Å². The zero-order chi connectivity index (χ0) is 8.72. The van der Waals surface area contributed by atoms with Crippen molar-refractivity contribution < 1.29 is 4.79 Å². The van der Waals surface area contributed by atoms with Crippen LogP contribution in [0.3, 0.4) is 0 Å². The normalized spacial score (nSPS) is 22.6. The highest BCUT2D eigenvalue weighted by Gasteiger charge is 2.26. The van der Waals surface area contributed by atoms with E-state index in [1.165, 1.54) is 0 Å². The Morgan fingerprint density at radius 2 is 2.50 bits per heavy atom. The van der Waals surface area contributed by atoms with Crippen molar-refractivity contribution in [1.29, 1.82) is 0 Å². The molecule has 0 saturated carbocycles. The molecule has 1 aliphatic rings.